The number of nitrogens with zero attached hydrogens (tertiary/aromatic N) is 2. The number of aryl methyl sites for hydroxylation is 1. The second kappa shape index (κ2) is 9.40. The molecule has 0 fully saturated rings. The molecule has 0 bridgehead atoms. The van der Waals surface area contributed by atoms with E-state index in [0.29, 0.717) is 33.2 Å². The summed E-state index contributed by atoms with van der Waals surface area (Å²) in [7, 11) is 0. The zero-order valence-corrected chi connectivity index (χ0v) is 18.8. The zero-order valence-electron chi connectivity index (χ0n) is 15.8. The van der Waals surface area contributed by atoms with Crippen molar-refractivity contribution < 1.29 is 9.53 Å². The summed E-state index contributed by atoms with van der Waals surface area (Å²) in [6, 6.07) is 10.8. The second-order valence-corrected chi connectivity index (χ2v) is 7.99. The first-order chi connectivity index (χ1) is 13.8. The first-order valence-electron chi connectivity index (χ1n) is 8.95. The van der Waals surface area contributed by atoms with Crippen LogP contribution in [-0.2, 0) is 16.1 Å². The van der Waals surface area contributed by atoms with Gasteiger partial charge in [0, 0.05) is 16.7 Å². The highest BCUT2D eigenvalue weighted by Gasteiger charge is 2.19. The highest BCUT2D eigenvalue weighted by atomic mass is 35.5. The average Bonchev–Trinajstić information content (AvgIpc) is 3.01. The molecule has 8 heteroatoms. The first-order valence-corrected chi connectivity index (χ1v) is 10.5. The van der Waals surface area contributed by atoms with Gasteiger partial charge in [0.25, 0.3) is 0 Å². The molecular formula is C21H18Cl4N2O2. The fourth-order valence-corrected chi connectivity index (χ4v) is 3.67. The van der Waals surface area contributed by atoms with Crippen LogP contribution < -0.4 is 0 Å². The molecule has 0 atom stereocenters. The van der Waals surface area contributed by atoms with E-state index in [1.807, 2.05) is 19.1 Å². The van der Waals surface area contributed by atoms with Gasteiger partial charge in [0.1, 0.15) is 0 Å². The van der Waals surface area contributed by atoms with Crippen molar-refractivity contribution in [3.63, 3.8) is 0 Å². The molecule has 4 nitrogen and oxygen atoms in total. The van der Waals surface area contributed by atoms with Crippen LogP contribution in [0.25, 0.3) is 22.5 Å². The van der Waals surface area contributed by atoms with Crippen molar-refractivity contribution in [1.29, 1.82) is 0 Å². The number of halogens is 4. The predicted octanol–water partition coefficient (Wildman–Crippen LogP) is 7.09. The Labute approximate surface area is 189 Å². The molecule has 152 valence electrons. The number of carbonyl (C=O) groups is 1. The predicted molar refractivity (Wildman–Crippen MR) is 119 cm³/mol. The van der Waals surface area contributed by atoms with Crippen LogP contribution in [0.4, 0.5) is 0 Å². The molecule has 0 saturated carbocycles. The molecule has 0 spiro atoms. The van der Waals surface area contributed by atoms with Crippen LogP contribution in [0, 0.1) is 6.92 Å². The van der Waals surface area contributed by atoms with Crippen molar-refractivity contribution in [2.75, 3.05) is 6.61 Å². The molecule has 3 rings (SSSR count). The Bertz CT molecular complexity index is 1060. The molecule has 0 radical (unpaired) electrons. The van der Waals surface area contributed by atoms with Gasteiger partial charge in [0.2, 0.25) is 0 Å². The van der Waals surface area contributed by atoms with E-state index in [1.54, 1.807) is 35.9 Å². The monoisotopic (exact) mass is 470 g/mol. The number of carbonyl (C=O) groups excluding carboxylic acids is 1. The van der Waals surface area contributed by atoms with Crippen LogP contribution in [0.2, 0.25) is 20.1 Å². The Morgan fingerprint density at radius 3 is 2.14 bits per heavy atom. The van der Waals surface area contributed by atoms with Crippen molar-refractivity contribution >= 4 is 52.4 Å². The lowest BCUT2D eigenvalue weighted by Gasteiger charge is -2.09. The normalized spacial score (nSPS) is 11.0. The summed E-state index contributed by atoms with van der Waals surface area (Å²) < 4.78 is 6.83. The number of benzene rings is 2. The van der Waals surface area contributed by atoms with Gasteiger partial charge in [-0.15, -0.1) is 0 Å². The van der Waals surface area contributed by atoms with Gasteiger partial charge in [-0.3, -0.25) is 9.48 Å². The number of esters is 1. The van der Waals surface area contributed by atoms with Gasteiger partial charge in [0.05, 0.1) is 51.1 Å². The average molecular weight is 472 g/mol. The molecule has 0 aliphatic carbocycles. The van der Waals surface area contributed by atoms with Gasteiger partial charge in [-0.1, -0.05) is 58.5 Å². The first kappa shape index (κ1) is 22.0. The van der Waals surface area contributed by atoms with Gasteiger partial charge in [0.15, 0.2) is 0 Å². The van der Waals surface area contributed by atoms with Crippen LogP contribution in [0.15, 0.2) is 36.4 Å². The summed E-state index contributed by atoms with van der Waals surface area (Å²) in [5.74, 6) is -0.281. The van der Waals surface area contributed by atoms with Gasteiger partial charge in [-0.05, 0) is 38.1 Å². The van der Waals surface area contributed by atoms with E-state index in [1.165, 1.54) is 0 Å². The molecule has 0 N–H and O–H groups in total. The standard InChI is InChI=1S/C21H18Cl4N2O2/c1-3-29-19(28)8-9-27-21(14-5-7-16(23)18(25)11-14)12(2)20(26-27)13-4-6-15(22)17(24)10-13/h4-7,10-11H,3,8-9H2,1-2H3. The minimum absolute atomic E-state index is 0.199. The lowest BCUT2D eigenvalue weighted by molar-refractivity contribution is -0.143. The quantitative estimate of drug-likeness (QED) is 0.360. The maximum absolute atomic E-state index is 11.9. The smallest absolute Gasteiger partial charge is 0.307 e. The molecule has 29 heavy (non-hydrogen) atoms. The van der Waals surface area contributed by atoms with Crippen LogP contribution in [0.3, 0.4) is 0 Å². The van der Waals surface area contributed by atoms with Crippen molar-refractivity contribution in [2.24, 2.45) is 0 Å². The second-order valence-electron chi connectivity index (χ2n) is 6.36. The summed E-state index contributed by atoms with van der Waals surface area (Å²) >= 11 is 24.6. The Morgan fingerprint density at radius 2 is 1.55 bits per heavy atom. The maximum Gasteiger partial charge on any atom is 0.307 e. The third kappa shape index (κ3) is 4.89. The lowest BCUT2D eigenvalue weighted by atomic mass is 10.0. The molecule has 0 aliphatic rings. The number of rotatable bonds is 6. The molecular weight excluding hydrogens is 454 g/mol. The van der Waals surface area contributed by atoms with E-state index in [0.717, 1.165) is 28.1 Å². The largest absolute Gasteiger partial charge is 0.466 e. The lowest BCUT2D eigenvalue weighted by Crippen LogP contribution is -2.11. The molecule has 3 aromatic rings. The van der Waals surface area contributed by atoms with Crippen LogP contribution in [0.5, 0.6) is 0 Å². The highest BCUT2D eigenvalue weighted by Crippen LogP contribution is 2.36. The molecule has 0 aliphatic heterocycles. The Morgan fingerprint density at radius 1 is 0.966 bits per heavy atom. The van der Waals surface area contributed by atoms with Gasteiger partial charge in [-0.25, -0.2) is 0 Å². The Kier molecular flexibility index (Phi) is 7.12. The molecule has 1 heterocycles. The molecule has 0 amide bonds. The van der Waals surface area contributed by atoms with Crippen LogP contribution >= 0.6 is 46.4 Å². The molecule has 2 aromatic carbocycles. The topological polar surface area (TPSA) is 44.1 Å². The number of hydrogen-bond donors (Lipinski definition) is 0. The zero-order chi connectivity index (χ0) is 21.1. The van der Waals surface area contributed by atoms with Gasteiger partial charge in [-0.2, -0.15) is 5.10 Å². The third-order valence-electron chi connectivity index (χ3n) is 4.41. The summed E-state index contributed by atoms with van der Waals surface area (Å²) in [5.41, 5.74) is 4.18. The maximum atomic E-state index is 11.9. The van der Waals surface area contributed by atoms with Gasteiger partial charge >= 0.3 is 5.97 Å². The highest BCUT2D eigenvalue weighted by molar-refractivity contribution is 6.42. The summed E-state index contributed by atoms with van der Waals surface area (Å²) in [5, 5.41) is 6.57. The Hall–Kier alpha value is -1.72. The summed E-state index contributed by atoms with van der Waals surface area (Å²) in [4.78, 5) is 11.9. The van der Waals surface area contributed by atoms with Crippen LogP contribution in [-0.4, -0.2) is 22.4 Å². The Balaban J connectivity index is 2.10. The van der Waals surface area contributed by atoms with E-state index < -0.39 is 0 Å². The van der Waals surface area contributed by atoms with Crippen molar-refractivity contribution in [3.8, 4) is 22.5 Å². The van der Waals surface area contributed by atoms with Crippen molar-refractivity contribution in [3.05, 3.63) is 62.1 Å². The van der Waals surface area contributed by atoms with E-state index in [4.69, 9.17) is 56.2 Å². The summed E-state index contributed by atoms with van der Waals surface area (Å²) in [6.07, 6.45) is 0.199. The SMILES string of the molecule is CCOC(=O)CCn1nc(-c2ccc(Cl)c(Cl)c2)c(C)c1-c1ccc(Cl)c(Cl)c1. The van der Waals surface area contributed by atoms with Crippen molar-refractivity contribution in [2.45, 2.75) is 26.8 Å². The minimum atomic E-state index is -0.281. The van der Waals surface area contributed by atoms with E-state index in [9.17, 15) is 4.79 Å². The van der Waals surface area contributed by atoms with E-state index in [2.05, 4.69) is 0 Å². The van der Waals surface area contributed by atoms with Gasteiger partial charge < -0.3 is 4.74 Å². The van der Waals surface area contributed by atoms with Crippen molar-refractivity contribution in [1.82, 2.24) is 9.78 Å². The summed E-state index contributed by atoms with van der Waals surface area (Å²) in [6.45, 7) is 4.44. The third-order valence-corrected chi connectivity index (χ3v) is 5.89. The van der Waals surface area contributed by atoms with Crippen LogP contribution in [0.1, 0.15) is 18.9 Å². The number of aromatic nitrogens is 2. The minimum Gasteiger partial charge on any atom is -0.466 e. The number of hydrogen-bond acceptors (Lipinski definition) is 3. The molecule has 0 saturated heterocycles. The fraction of sp³-hybridized carbons (Fsp3) is 0.238. The van der Waals surface area contributed by atoms with E-state index in [-0.39, 0.29) is 12.4 Å². The molecule has 1 aromatic heterocycles. The van der Waals surface area contributed by atoms with E-state index >= 15 is 0 Å². The number of ether oxygens (including phenoxy) is 1. The fourth-order valence-electron chi connectivity index (χ4n) is 3.07. The molecule has 0 unspecified atom stereocenters.